The fraction of sp³-hybridized carbons (Fsp3) is 0.520. The largest absolute Gasteiger partial charge is 0.389 e. The molecular weight excluding hydrogens is 430 g/mol. The van der Waals surface area contributed by atoms with Gasteiger partial charge in [0, 0.05) is 36.1 Å². The molecule has 2 aliphatic carbocycles. The maximum atomic E-state index is 9.88. The van der Waals surface area contributed by atoms with Crippen molar-refractivity contribution in [2.75, 3.05) is 36.8 Å². The van der Waals surface area contributed by atoms with Gasteiger partial charge in [-0.15, -0.1) is 11.3 Å². The predicted octanol–water partition coefficient (Wildman–Crippen LogP) is 3.93. The number of hydrogen-bond donors (Lipinski definition) is 3. The van der Waals surface area contributed by atoms with Crippen LogP contribution in [0.3, 0.4) is 0 Å². The van der Waals surface area contributed by atoms with Gasteiger partial charge < -0.3 is 16.0 Å². The van der Waals surface area contributed by atoms with Gasteiger partial charge >= 0.3 is 0 Å². The van der Waals surface area contributed by atoms with Crippen molar-refractivity contribution in [1.29, 1.82) is 10.7 Å². The average Bonchev–Trinajstić information content (AvgIpc) is 2.99. The van der Waals surface area contributed by atoms with Crippen LogP contribution in [0.1, 0.15) is 67.1 Å². The zero-order valence-corrected chi connectivity index (χ0v) is 20.0. The summed E-state index contributed by atoms with van der Waals surface area (Å²) in [6.07, 6.45) is 8.84. The summed E-state index contributed by atoms with van der Waals surface area (Å²) in [6.45, 7) is 5.91. The highest BCUT2D eigenvalue weighted by Gasteiger charge is 2.44. The maximum absolute atomic E-state index is 9.88. The lowest BCUT2D eigenvalue weighted by molar-refractivity contribution is 0.365. The van der Waals surface area contributed by atoms with Crippen LogP contribution in [-0.4, -0.2) is 41.9 Å². The van der Waals surface area contributed by atoms with Crippen LogP contribution in [0.25, 0.3) is 0 Å². The van der Waals surface area contributed by atoms with Crippen molar-refractivity contribution in [2.24, 2.45) is 0 Å². The first-order chi connectivity index (χ1) is 16.0. The zero-order chi connectivity index (χ0) is 23.0. The molecule has 5 rings (SSSR count). The summed E-state index contributed by atoms with van der Waals surface area (Å²) < 4.78 is 0. The van der Waals surface area contributed by atoms with Crippen LogP contribution in [0.15, 0.2) is 23.4 Å². The molecule has 2 aromatic rings. The lowest BCUT2D eigenvalue weighted by Gasteiger charge is -2.43. The Kier molecular flexibility index (Phi) is 5.94. The number of nitrogen functional groups attached to an aromatic ring is 1. The van der Waals surface area contributed by atoms with E-state index in [0.29, 0.717) is 27.9 Å². The van der Waals surface area contributed by atoms with E-state index in [0.717, 1.165) is 82.3 Å². The molecular formula is C25H31N7S. The number of rotatable bonds is 3. The zero-order valence-electron chi connectivity index (χ0n) is 19.2. The van der Waals surface area contributed by atoms with Crippen LogP contribution in [-0.2, 0) is 11.8 Å². The predicted molar refractivity (Wildman–Crippen MR) is 133 cm³/mol. The highest BCUT2D eigenvalue weighted by Crippen LogP contribution is 2.54. The van der Waals surface area contributed by atoms with E-state index in [-0.39, 0.29) is 5.41 Å². The summed E-state index contributed by atoms with van der Waals surface area (Å²) >= 11 is 1.58. The van der Waals surface area contributed by atoms with Crippen molar-refractivity contribution in [3.63, 3.8) is 0 Å². The maximum Gasteiger partial charge on any atom is 0.225 e. The monoisotopic (exact) mass is 461 g/mol. The number of nitriles is 1. The van der Waals surface area contributed by atoms with E-state index in [1.165, 1.54) is 10.5 Å². The molecule has 4 N–H and O–H groups in total. The van der Waals surface area contributed by atoms with Gasteiger partial charge in [-0.1, -0.05) is 5.57 Å². The number of anilines is 2. The van der Waals surface area contributed by atoms with Gasteiger partial charge in [-0.2, -0.15) is 5.26 Å². The number of nitrogens with two attached hydrogens (primary N) is 1. The summed E-state index contributed by atoms with van der Waals surface area (Å²) in [5, 5.41) is 23.1. The molecule has 1 atom stereocenters. The SMILES string of the molecule is CC1=C(C(=N)c2ccnc(N3CCCNCC3)n2)CCCC12CCCc1sc(N)c(C#N)c12. The lowest BCUT2D eigenvalue weighted by Crippen LogP contribution is -2.36. The van der Waals surface area contributed by atoms with Crippen LogP contribution in [0.4, 0.5) is 10.9 Å². The van der Waals surface area contributed by atoms with Gasteiger partial charge in [0.05, 0.1) is 17.0 Å². The Morgan fingerprint density at radius 3 is 2.88 bits per heavy atom. The molecule has 1 spiro atoms. The van der Waals surface area contributed by atoms with Crippen molar-refractivity contribution >= 4 is 28.0 Å². The Morgan fingerprint density at radius 2 is 2.06 bits per heavy atom. The normalized spacial score (nSPS) is 23.2. The molecule has 2 aromatic heterocycles. The molecule has 0 aromatic carbocycles. The smallest absolute Gasteiger partial charge is 0.225 e. The van der Waals surface area contributed by atoms with E-state index in [1.54, 1.807) is 17.5 Å². The lowest BCUT2D eigenvalue weighted by atomic mass is 9.60. The summed E-state index contributed by atoms with van der Waals surface area (Å²) in [6, 6.07) is 4.26. The van der Waals surface area contributed by atoms with Crippen LogP contribution in [0.2, 0.25) is 0 Å². The minimum Gasteiger partial charge on any atom is -0.389 e. The minimum absolute atomic E-state index is 0.182. The van der Waals surface area contributed by atoms with Gasteiger partial charge in [-0.3, -0.25) is 5.41 Å². The van der Waals surface area contributed by atoms with Crippen LogP contribution < -0.4 is 16.0 Å². The first-order valence-electron chi connectivity index (χ1n) is 11.9. The molecule has 7 nitrogen and oxygen atoms in total. The molecule has 0 saturated carbocycles. The van der Waals surface area contributed by atoms with Gasteiger partial charge in [0.15, 0.2) is 0 Å². The van der Waals surface area contributed by atoms with E-state index in [4.69, 9.17) is 16.1 Å². The molecule has 1 aliphatic heterocycles. The third-order valence-corrected chi connectivity index (χ3v) is 8.71. The van der Waals surface area contributed by atoms with Crippen molar-refractivity contribution in [3.8, 4) is 6.07 Å². The van der Waals surface area contributed by atoms with Gasteiger partial charge in [0.1, 0.15) is 11.1 Å². The van der Waals surface area contributed by atoms with Crippen LogP contribution in [0, 0.1) is 16.7 Å². The van der Waals surface area contributed by atoms with E-state index < -0.39 is 0 Å². The quantitative estimate of drug-likeness (QED) is 0.597. The molecule has 3 heterocycles. The summed E-state index contributed by atoms with van der Waals surface area (Å²) in [5.41, 5.74) is 11.4. The Morgan fingerprint density at radius 1 is 1.24 bits per heavy atom. The molecule has 172 valence electrons. The third kappa shape index (κ3) is 3.73. The Balaban J connectivity index is 1.54. The van der Waals surface area contributed by atoms with Crippen molar-refractivity contribution in [2.45, 2.75) is 57.3 Å². The summed E-state index contributed by atoms with van der Waals surface area (Å²) in [4.78, 5) is 12.8. The second kappa shape index (κ2) is 8.88. The molecule has 1 saturated heterocycles. The fourth-order valence-corrected chi connectivity index (χ4v) is 7.14. The number of aromatic nitrogens is 2. The average molecular weight is 462 g/mol. The number of allylic oxidation sites excluding steroid dienone is 2. The first kappa shape index (κ1) is 22.1. The van der Waals surface area contributed by atoms with Crippen LogP contribution >= 0.6 is 11.3 Å². The second-order valence-corrected chi connectivity index (χ2v) is 10.5. The van der Waals surface area contributed by atoms with Gasteiger partial charge in [0.25, 0.3) is 0 Å². The number of thiophene rings is 1. The second-order valence-electron chi connectivity index (χ2n) is 9.35. The van der Waals surface area contributed by atoms with E-state index in [9.17, 15) is 5.26 Å². The molecule has 1 fully saturated rings. The molecule has 0 amide bonds. The number of nitrogens with one attached hydrogen (secondary N) is 2. The summed E-state index contributed by atoms with van der Waals surface area (Å²) in [7, 11) is 0. The van der Waals surface area contributed by atoms with E-state index in [2.05, 4.69) is 28.2 Å². The van der Waals surface area contributed by atoms with E-state index in [1.807, 2.05) is 6.07 Å². The highest BCUT2D eigenvalue weighted by atomic mass is 32.1. The van der Waals surface area contributed by atoms with E-state index >= 15 is 0 Å². The topological polar surface area (TPSA) is 115 Å². The minimum atomic E-state index is -0.182. The first-order valence-corrected chi connectivity index (χ1v) is 12.8. The van der Waals surface area contributed by atoms with Crippen LogP contribution in [0.5, 0.6) is 0 Å². The molecule has 33 heavy (non-hydrogen) atoms. The molecule has 0 bridgehead atoms. The molecule has 8 heteroatoms. The van der Waals surface area contributed by atoms with Crippen molar-refractivity contribution < 1.29 is 0 Å². The number of hydrogen-bond acceptors (Lipinski definition) is 8. The molecule has 1 unspecified atom stereocenters. The highest BCUT2D eigenvalue weighted by molar-refractivity contribution is 7.16. The Labute approximate surface area is 199 Å². The fourth-order valence-electron chi connectivity index (χ4n) is 5.97. The number of aryl methyl sites for hydroxylation is 1. The number of fused-ring (bicyclic) bond motifs is 2. The molecule has 0 radical (unpaired) electrons. The Bertz CT molecular complexity index is 1150. The summed E-state index contributed by atoms with van der Waals surface area (Å²) in [5.74, 6) is 0.710. The van der Waals surface area contributed by atoms with Crippen molar-refractivity contribution in [3.05, 3.63) is 45.1 Å². The van der Waals surface area contributed by atoms with Gasteiger partial charge in [-0.05, 0) is 75.6 Å². The molecule has 3 aliphatic rings. The van der Waals surface area contributed by atoms with Gasteiger partial charge in [0.2, 0.25) is 5.95 Å². The van der Waals surface area contributed by atoms with Crippen molar-refractivity contribution in [1.82, 2.24) is 15.3 Å². The Hall–Kier alpha value is -2.76. The van der Waals surface area contributed by atoms with Gasteiger partial charge in [-0.25, -0.2) is 9.97 Å². The number of nitrogens with zero attached hydrogens (tertiary/aromatic N) is 4. The third-order valence-electron chi connectivity index (χ3n) is 7.63. The standard InChI is InChI=1S/C25H31N7S/c1-16-17(22(27)19-7-11-30-24(31-19)32-13-4-10-29-12-14-32)5-2-8-25(16)9-3-6-20-21(25)18(15-26)23(28)33-20/h7,11,27,29H,2-6,8-10,12-14,28H2,1H3.